The van der Waals surface area contributed by atoms with E-state index >= 15 is 0 Å². The van der Waals surface area contributed by atoms with Crippen LogP contribution in [0.4, 0.5) is 0 Å². The molecule has 0 aliphatic carbocycles. The molecule has 0 spiro atoms. The lowest BCUT2D eigenvalue weighted by Gasteiger charge is -2.11. The topological polar surface area (TPSA) is 92.2 Å². The van der Waals surface area contributed by atoms with Gasteiger partial charge in [0.15, 0.2) is 0 Å². The Morgan fingerprint density at radius 3 is 2.90 bits per heavy atom. The minimum absolute atomic E-state index is 0.0700. The SMILES string of the molecule is CCC(NC(=O)Cc1csc(-c2cccnc2)n1)C(=O)O. The van der Waals surface area contributed by atoms with Gasteiger partial charge in [0.1, 0.15) is 11.0 Å². The zero-order chi connectivity index (χ0) is 15.2. The molecule has 0 aromatic carbocycles. The standard InChI is InChI=1S/C14H15N3O3S/c1-2-11(14(19)20)17-12(18)6-10-8-21-13(16-10)9-4-3-5-15-7-9/h3-5,7-8,11H,2,6H2,1H3,(H,17,18)(H,19,20). The van der Waals surface area contributed by atoms with Crippen LogP contribution in [0.5, 0.6) is 0 Å². The Labute approximate surface area is 125 Å². The first-order valence-corrected chi connectivity index (χ1v) is 7.35. The monoisotopic (exact) mass is 305 g/mol. The van der Waals surface area contributed by atoms with Crippen molar-refractivity contribution in [3.8, 4) is 10.6 Å². The number of carboxylic acids is 1. The Kier molecular flexibility index (Phi) is 4.99. The van der Waals surface area contributed by atoms with E-state index in [9.17, 15) is 9.59 Å². The van der Waals surface area contributed by atoms with Crippen molar-refractivity contribution in [3.63, 3.8) is 0 Å². The van der Waals surface area contributed by atoms with E-state index in [0.717, 1.165) is 10.6 Å². The zero-order valence-electron chi connectivity index (χ0n) is 11.4. The lowest BCUT2D eigenvalue weighted by atomic mass is 10.2. The number of amides is 1. The predicted octanol–water partition coefficient (Wildman–Crippen LogP) is 1.73. The zero-order valence-corrected chi connectivity index (χ0v) is 12.3. The molecule has 2 heterocycles. The minimum atomic E-state index is -1.03. The third-order valence-corrected chi connectivity index (χ3v) is 3.78. The first-order chi connectivity index (χ1) is 10.1. The maximum Gasteiger partial charge on any atom is 0.326 e. The van der Waals surface area contributed by atoms with Gasteiger partial charge in [-0.1, -0.05) is 6.92 Å². The van der Waals surface area contributed by atoms with Crippen LogP contribution < -0.4 is 5.32 Å². The van der Waals surface area contributed by atoms with Crippen molar-refractivity contribution in [2.75, 3.05) is 0 Å². The van der Waals surface area contributed by atoms with Gasteiger partial charge in [-0.25, -0.2) is 9.78 Å². The van der Waals surface area contributed by atoms with Crippen LogP contribution in [0.1, 0.15) is 19.0 Å². The van der Waals surface area contributed by atoms with E-state index in [1.54, 1.807) is 24.7 Å². The van der Waals surface area contributed by atoms with E-state index in [4.69, 9.17) is 5.11 Å². The molecule has 1 atom stereocenters. The van der Waals surface area contributed by atoms with Gasteiger partial charge in [0, 0.05) is 23.3 Å². The van der Waals surface area contributed by atoms with E-state index in [2.05, 4.69) is 15.3 Å². The van der Waals surface area contributed by atoms with E-state index in [-0.39, 0.29) is 12.3 Å². The van der Waals surface area contributed by atoms with Crippen LogP contribution in [0.3, 0.4) is 0 Å². The number of rotatable bonds is 6. The quantitative estimate of drug-likeness (QED) is 0.848. The van der Waals surface area contributed by atoms with E-state index < -0.39 is 12.0 Å². The molecule has 0 aliphatic heterocycles. The van der Waals surface area contributed by atoms with Crippen LogP contribution >= 0.6 is 11.3 Å². The molecule has 0 saturated heterocycles. The second-order valence-electron chi connectivity index (χ2n) is 4.43. The Morgan fingerprint density at radius 1 is 1.48 bits per heavy atom. The van der Waals surface area contributed by atoms with Crippen molar-refractivity contribution >= 4 is 23.2 Å². The summed E-state index contributed by atoms with van der Waals surface area (Å²) < 4.78 is 0. The molecule has 0 aliphatic rings. The number of carbonyl (C=O) groups is 2. The molecule has 7 heteroatoms. The number of nitrogens with zero attached hydrogens (tertiary/aromatic N) is 2. The van der Waals surface area contributed by atoms with Crippen LogP contribution in [-0.4, -0.2) is 33.0 Å². The summed E-state index contributed by atoms with van der Waals surface area (Å²) in [7, 11) is 0. The number of pyridine rings is 1. The summed E-state index contributed by atoms with van der Waals surface area (Å²) >= 11 is 1.43. The summed E-state index contributed by atoms with van der Waals surface area (Å²) in [6.07, 6.45) is 3.81. The molecular formula is C14H15N3O3S. The molecule has 21 heavy (non-hydrogen) atoms. The number of nitrogens with one attached hydrogen (secondary N) is 1. The van der Waals surface area contributed by atoms with Crippen molar-refractivity contribution in [1.29, 1.82) is 0 Å². The summed E-state index contributed by atoms with van der Waals surface area (Å²) in [5.74, 6) is -1.37. The molecular weight excluding hydrogens is 290 g/mol. The molecule has 2 aromatic rings. The second kappa shape index (κ2) is 6.94. The Hall–Kier alpha value is -2.28. The van der Waals surface area contributed by atoms with Crippen molar-refractivity contribution in [1.82, 2.24) is 15.3 Å². The molecule has 6 nitrogen and oxygen atoms in total. The average Bonchev–Trinajstić information content (AvgIpc) is 2.93. The first kappa shape index (κ1) is 15.1. The molecule has 0 fully saturated rings. The van der Waals surface area contributed by atoms with Crippen LogP contribution in [0, 0.1) is 0 Å². The van der Waals surface area contributed by atoms with Crippen LogP contribution in [0.2, 0.25) is 0 Å². The largest absolute Gasteiger partial charge is 0.480 e. The predicted molar refractivity (Wildman–Crippen MR) is 78.9 cm³/mol. The smallest absolute Gasteiger partial charge is 0.326 e. The van der Waals surface area contributed by atoms with E-state index in [0.29, 0.717) is 12.1 Å². The molecule has 1 unspecified atom stereocenters. The van der Waals surface area contributed by atoms with Crippen LogP contribution in [-0.2, 0) is 16.0 Å². The lowest BCUT2D eigenvalue weighted by Crippen LogP contribution is -2.41. The lowest BCUT2D eigenvalue weighted by molar-refractivity contribution is -0.141. The molecule has 2 aromatic heterocycles. The molecule has 0 bridgehead atoms. The van der Waals surface area contributed by atoms with Crippen molar-refractivity contribution < 1.29 is 14.7 Å². The van der Waals surface area contributed by atoms with Gasteiger partial charge < -0.3 is 10.4 Å². The van der Waals surface area contributed by atoms with E-state index in [1.165, 1.54) is 11.3 Å². The molecule has 2 rings (SSSR count). The molecule has 0 saturated carbocycles. The highest BCUT2D eigenvalue weighted by Gasteiger charge is 2.18. The fourth-order valence-corrected chi connectivity index (χ4v) is 2.57. The van der Waals surface area contributed by atoms with E-state index in [1.807, 2.05) is 12.1 Å². The summed E-state index contributed by atoms with van der Waals surface area (Å²) in [6.45, 7) is 1.71. The summed E-state index contributed by atoms with van der Waals surface area (Å²) in [5.41, 5.74) is 1.52. The van der Waals surface area contributed by atoms with Gasteiger partial charge in [0.25, 0.3) is 0 Å². The maximum absolute atomic E-state index is 11.8. The highest BCUT2D eigenvalue weighted by Crippen LogP contribution is 2.22. The number of hydrogen-bond acceptors (Lipinski definition) is 5. The van der Waals surface area contributed by atoms with Gasteiger partial charge in [0.05, 0.1) is 12.1 Å². The number of aromatic nitrogens is 2. The molecule has 1 amide bonds. The van der Waals surface area contributed by atoms with Crippen molar-refractivity contribution in [3.05, 3.63) is 35.6 Å². The minimum Gasteiger partial charge on any atom is -0.480 e. The van der Waals surface area contributed by atoms with Crippen LogP contribution in [0.15, 0.2) is 29.9 Å². The van der Waals surface area contributed by atoms with Gasteiger partial charge in [-0.15, -0.1) is 11.3 Å². The maximum atomic E-state index is 11.8. The van der Waals surface area contributed by atoms with Crippen molar-refractivity contribution in [2.24, 2.45) is 0 Å². The highest BCUT2D eigenvalue weighted by atomic mass is 32.1. The van der Waals surface area contributed by atoms with Gasteiger partial charge >= 0.3 is 5.97 Å². The first-order valence-electron chi connectivity index (χ1n) is 6.47. The average molecular weight is 305 g/mol. The molecule has 110 valence electrons. The fraction of sp³-hybridized carbons (Fsp3) is 0.286. The number of hydrogen-bond donors (Lipinski definition) is 2. The summed E-state index contributed by atoms with van der Waals surface area (Å²) in [5, 5.41) is 14.0. The normalized spacial score (nSPS) is 11.9. The second-order valence-corrected chi connectivity index (χ2v) is 5.29. The number of carbonyl (C=O) groups excluding carboxylic acids is 1. The number of thiazole rings is 1. The van der Waals surface area contributed by atoms with Crippen molar-refractivity contribution in [2.45, 2.75) is 25.8 Å². The Morgan fingerprint density at radius 2 is 2.29 bits per heavy atom. The number of aliphatic carboxylic acids is 1. The molecule has 2 N–H and O–H groups in total. The van der Waals surface area contributed by atoms with Gasteiger partial charge in [-0.2, -0.15) is 0 Å². The third-order valence-electron chi connectivity index (χ3n) is 2.84. The number of carboxylic acid groups (broad SMARTS) is 1. The Bertz CT molecular complexity index is 627. The Balaban J connectivity index is 1.99. The van der Waals surface area contributed by atoms with Gasteiger partial charge in [0.2, 0.25) is 5.91 Å². The van der Waals surface area contributed by atoms with Gasteiger partial charge in [-0.3, -0.25) is 9.78 Å². The highest BCUT2D eigenvalue weighted by molar-refractivity contribution is 7.13. The fourth-order valence-electron chi connectivity index (χ4n) is 1.76. The van der Waals surface area contributed by atoms with Gasteiger partial charge in [-0.05, 0) is 18.6 Å². The summed E-state index contributed by atoms with van der Waals surface area (Å²) in [4.78, 5) is 31.1. The van der Waals surface area contributed by atoms with Crippen LogP contribution in [0.25, 0.3) is 10.6 Å². The molecule has 0 radical (unpaired) electrons. The third kappa shape index (κ3) is 4.09. The summed E-state index contributed by atoms with van der Waals surface area (Å²) in [6, 6.07) is 2.86.